The molecule has 1 aromatic rings. The van der Waals surface area contributed by atoms with Gasteiger partial charge in [-0.15, -0.1) is 0 Å². The molecule has 6 heteroatoms. The van der Waals surface area contributed by atoms with E-state index in [1.807, 2.05) is 32.9 Å². The van der Waals surface area contributed by atoms with Gasteiger partial charge in [-0.05, 0) is 51.5 Å². The van der Waals surface area contributed by atoms with E-state index in [0.29, 0.717) is 18.1 Å². The van der Waals surface area contributed by atoms with E-state index >= 15 is 0 Å². The summed E-state index contributed by atoms with van der Waals surface area (Å²) in [7, 11) is 0. The van der Waals surface area contributed by atoms with E-state index in [0.717, 1.165) is 23.7 Å². The molecule has 1 amide bonds. The van der Waals surface area contributed by atoms with Crippen LogP contribution in [0.5, 0.6) is 0 Å². The third kappa shape index (κ3) is 5.00. The zero-order chi connectivity index (χ0) is 17.2. The van der Waals surface area contributed by atoms with Crippen molar-refractivity contribution in [1.82, 2.24) is 9.80 Å². The Bertz CT molecular complexity index is 564. The van der Waals surface area contributed by atoms with Crippen LogP contribution in [-0.4, -0.2) is 47.7 Å². The highest BCUT2D eigenvalue weighted by Crippen LogP contribution is 2.30. The van der Waals surface area contributed by atoms with E-state index in [-0.39, 0.29) is 12.1 Å². The minimum absolute atomic E-state index is 0.155. The van der Waals surface area contributed by atoms with E-state index in [1.54, 1.807) is 11.0 Å². The van der Waals surface area contributed by atoms with Gasteiger partial charge in [0.2, 0.25) is 0 Å². The lowest BCUT2D eigenvalue weighted by atomic mass is 10.1. The van der Waals surface area contributed by atoms with Gasteiger partial charge in [0, 0.05) is 42.3 Å². The normalized spacial score (nSPS) is 17.9. The highest BCUT2D eigenvalue weighted by atomic mass is 35.5. The summed E-state index contributed by atoms with van der Waals surface area (Å²) in [6.45, 7) is 10.6. The molecule has 1 fully saturated rings. The van der Waals surface area contributed by atoms with E-state index in [4.69, 9.17) is 27.9 Å². The van der Waals surface area contributed by atoms with E-state index < -0.39 is 5.60 Å². The highest BCUT2D eigenvalue weighted by Gasteiger charge is 2.28. The minimum atomic E-state index is -0.462. The van der Waals surface area contributed by atoms with Crippen LogP contribution in [0.1, 0.15) is 39.3 Å². The van der Waals surface area contributed by atoms with Crippen molar-refractivity contribution in [2.24, 2.45) is 0 Å². The molecule has 4 nitrogen and oxygen atoms in total. The lowest BCUT2D eigenvalue weighted by Gasteiger charge is -2.38. The predicted octanol–water partition coefficient (Wildman–Crippen LogP) is 4.61. The number of rotatable bonds is 2. The van der Waals surface area contributed by atoms with Gasteiger partial charge < -0.3 is 9.64 Å². The van der Waals surface area contributed by atoms with Gasteiger partial charge in [0.1, 0.15) is 5.60 Å². The molecule has 0 aromatic heterocycles. The predicted molar refractivity (Wildman–Crippen MR) is 94.3 cm³/mol. The van der Waals surface area contributed by atoms with Gasteiger partial charge in [-0.25, -0.2) is 4.79 Å². The molecule has 1 heterocycles. The number of carbonyl (C=O) groups excluding carboxylic acids is 1. The Morgan fingerprint density at radius 1 is 1.17 bits per heavy atom. The van der Waals surface area contributed by atoms with Gasteiger partial charge in [-0.3, -0.25) is 4.90 Å². The number of halogens is 2. The number of amides is 1. The summed E-state index contributed by atoms with van der Waals surface area (Å²) in [4.78, 5) is 16.2. The van der Waals surface area contributed by atoms with Crippen LogP contribution in [0, 0.1) is 0 Å². The Kier molecular flexibility index (Phi) is 5.82. The average molecular weight is 359 g/mol. The van der Waals surface area contributed by atoms with Gasteiger partial charge in [-0.1, -0.05) is 23.2 Å². The molecule has 1 atom stereocenters. The molecule has 23 heavy (non-hydrogen) atoms. The fourth-order valence-corrected chi connectivity index (χ4v) is 3.11. The number of benzene rings is 1. The molecular formula is C17H24Cl2N2O2. The molecule has 0 spiro atoms. The largest absolute Gasteiger partial charge is 0.444 e. The second-order valence-corrected chi connectivity index (χ2v) is 7.69. The molecule has 2 rings (SSSR count). The monoisotopic (exact) mass is 358 g/mol. The Balaban J connectivity index is 1.96. The smallest absolute Gasteiger partial charge is 0.410 e. The molecule has 0 saturated carbocycles. The molecule has 1 aliphatic rings. The van der Waals surface area contributed by atoms with Crippen LogP contribution in [0.25, 0.3) is 0 Å². The molecule has 1 unspecified atom stereocenters. The molecule has 0 aliphatic carbocycles. The zero-order valence-electron chi connectivity index (χ0n) is 14.1. The number of hydrogen-bond donors (Lipinski definition) is 0. The van der Waals surface area contributed by atoms with Crippen LogP contribution < -0.4 is 0 Å². The summed E-state index contributed by atoms with van der Waals surface area (Å²) >= 11 is 12.4. The summed E-state index contributed by atoms with van der Waals surface area (Å²) in [6, 6.07) is 5.68. The van der Waals surface area contributed by atoms with Crippen molar-refractivity contribution >= 4 is 29.3 Å². The Morgan fingerprint density at radius 2 is 1.78 bits per heavy atom. The van der Waals surface area contributed by atoms with Crippen LogP contribution in [-0.2, 0) is 4.74 Å². The van der Waals surface area contributed by atoms with Crippen LogP contribution in [0.15, 0.2) is 18.2 Å². The molecule has 1 saturated heterocycles. The van der Waals surface area contributed by atoms with Gasteiger partial charge in [0.15, 0.2) is 0 Å². The van der Waals surface area contributed by atoms with Crippen LogP contribution in [0.3, 0.4) is 0 Å². The first-order valence-corrected chi connectivity index (χ1v) is 8.60. The minimum Gasteiger partial charge on any atom is -0.444 e. The van der Waals surface area contributed by atoms with Gasteiger partial charge in [0.05, 0.1) is 0 Å². The molecule has 0 bridgehead atoms. The summed E-state index contributed by atoms with van der Waals surface area (Å²) in [5.74, 6) is 0. The third-order valence-electron chi connectivity index (χ3n) is 3.92. The van der Waals surface area contributed by atoms with E-state index in [1.165, 1.54) is 0 Å². The number of nitrogens with zero attached hydrogens (tertiary/aromatic N) is 2. The maximum Gasteiger partial charge on any atom is 0.410 e. The average Bonchev–Trinajstić information content (AvgIpc) is 2.47. The van der Waals surface area contributed by atoms with Crippen LogP contribution >= 0.6 is 23.2 Å². The second-order valence-electron chi connectivity index (χ2n) is 6.85. The molecular weight excluding hydrogens is 335 g/mol. The van der Waals surface area contributed by atoms with Crippen molar-refractivity contribution < 1.29 is 9.53 Å². The van der Waals surface area contributed by atoms with Crippen molar-refractivity contribution in [2.75, 3.05) is 26.2 Å². The quantitative estimate of drug-likeness (QED) is 0.773. The van der Waals surface area contributed by atoms with Crippen molar-refractivity contribution in [3.63, 3.8) is 0 Å². The first-order chi connectivity index (χ1) is 10.7. The summed E-state index contributed by atoms with van der Waals surface area (Å²) in [5.41, 5.74) is 0.556. The van der Waals surface area contributed by atoms with E-state index in [9.17, 15) is 4.79 Å². The SMILES string of the molecule is CC(c1cc(Cl)ccc1Cl)N1CCN(C(=O)OC(C)(C)C)CC1. The van der Waals surface area contributed by atoms with Crippen molar-refractivity contribution in [3.05, 3.63) is 33.8 Å². The summed E-state index contributed by atoms with van der Waals surface area (Å²) in [5, 5.41) is 1.40. The Hall–Kier alpha value is -0.970. The summed E-state index contributed by atoms with van der Waals surface area (Å²) < 4.78 is 5.42. The van der Waals surface area contributed by atoms with Crippen molar-refractivity contribution in [3.8, 4) is 0 Å². The topological polar surface area (TPSA) is 32.8 Å². The van der Waals surface area contributed by atoms with Gasteiger partial charge in [-0.2, -0.15) is 0 Å². The standard InChI is InChI=1S/C17H24Cl2N2O2/c1-12(14-11-13(18)5-6-15(14)19)20-7-9-21(10-8-20)16(22)23-17(2,3)4/h5-6,11-12H,7-10H2,1-4H3. The third-order valence-corrected chi connectivity index (χ3v) is 4.50. The molecule has 0 radical (unpaired) electrons. The maximum atomic E-state index is 12.1. The second kappa shape index (κ2) is 7.29. The number of ether oxygens (including phenoxy) is 1. The fourth-order valence-electron chi connectivity index (χ4n) is 2.65. The lowest BCUT2D eigenvalue weighted by Crippen LogP contribution is -2.50. The van der Waals surface area contributed by atoms with Crippen LogP contribution in [0.2, 0.25) is 10.0 Å². The number of carbonyl (C=O) groups is 1. The zero-order valence-corrected chi connectivity index (χ0v) is 15.6. The molecule has 128 valence electrons. The highest BCUT2D eigenvalue weighted by molar-refractivity contribution is 6.33. The molecule has 1 aromatic carbocycles. The van der Waals surface area contributed by atoms with Crippen LogP contribution in [0.4, 0.5) is 4.79 Å². The molecule has 0 N–H and O–H groups in total. The number of piperazine rings is 1. The molecule has 1 aliphatic heterocycles. The first-order valence-electron chi connectivity index (χ1n) is 7.84. The maximum absolute atomic E-state index is 12.1. The van der Waals surface area contributed by atoms with Crippen molar-refractivity contribution in [1.29, 1.82) is 0 Å². The summed E-state index contributed by atoms with van der Waals surface area (Å²) in [6.07, 6.45) is -0.245. The van der Waals surface area contributed by atoms with Gasteiger partial charge in [0.25, 0.3) is 0 Å². The lowest BCUT2D eigenvalue weighted by molar-refractivity contribution is 0.0110. The van der Waals surface area contributed by atoms with Crippen molar-refractivity contribution in [2.45, 2.75) is 39.3 Å². The van der Waals surface area contributed by atoms with Gasteiger partial charge >= 0.3 is 6.09 Å². The fraction of sp³-hybridized carbons (Fsp3) is 0.588. The Labute approximate surface area is 148 Å². The Morgan fingerprint density at radius 3 is 2.35 bits per heavy atom. The van der Waals surface area contributed by atoms with E-state index in [2.05, 4.69) is 11.8 Å². The number of hydrogen-bond acceptors (Lipinski definition) is 3. The first kappa shape index (κ1) is 18.4.